The molecule has 2 aliphatic rings. The Bertz CT molecular complexity index is 808. The highest BCUT2D eigenvalue weighted by atomic mass is 35.5. The molecular weight excluding hydrogens is 328 g/mol. The van der Waals surface area contributed by atoms with Crippen LogP contribution in [0.5, 0.6) is 0 Å². The first-order valence-electron chi connectivity index (χ1n) is 7.46. The van der Waals surface area contributed by atoms with E-state index in [1.807, 2.05) is 48.6 Å². The number of aryl methyl sites for hydroxylation is 1. The third kappa shape index (κ3) is 3.92. The van der Waals surface area contributed by atoms with E-state index in [0.29, 0.717) is 11.4 Å². The molecule has 0 spiro atoms. The molecule has 0 unspecified atom stereocenters. The average molecular weight is 345 g/mol. The van der Waals surface area contributed by atoms with Crippen molar-refractivity contribution in [2.45, 2.75) is 11.7 Å². The minimum atomic E-state index is -3.20. The van der Waals surface area contributed by atoms with Gasteiger partial charge in [0.1, 0.15) is 0 Å². The van der Waals surface area contributed by atoms with Gasteiger partial charge in [-0.05, 0) is 35.3 Å². The summed E-state index contributed by atoms with van der Waals surface area (Å²) in [7, 11) is -3.20. The molecule has 2 nitrogen and oxygen atoms in total. The van der Waals surface area contributed by atoms with E-state index < -0.39 is 15.1 Å². The second-order valence-electron chi connectivity index (χ2n) is 5.56. The zero-order valence-corrected chi connectivity index (χ0v) is 14.1. The van der Waals surface area contributed by atoms with E-state index in [-0.39, 0.29) is 5.75 Å². The SMILES string of the molecule is O=S(=O)(CCc1ccc(Cl)cc1)C1C=CC(=C2C=CC=C2)C=C1. The molecule has 0 saturated carbocycles. The monoisotopic (exact) mass is 344 g/mol. The Labute approximate surface area is 142 Å². The van der Waals surface area contributed by atoms with Crippen LogP contribution in [0.4, 0.5) is 0 Å². The summed E-state index contributed by atoms with van der Waals surface area (Å²) in [5.74, 6) is 0.125. The Morgan fingerprint density at radius 2 is 1.43 bits per heavy atom. The van der Waals surface area contributed by atoms with E-state index in [1.54, 1.807) is 24.3 Å². The van der Waals surface area contributed by atoms with Crippen molar-refractivity contribution in [3.63, 3.8) is 0 Å². The molecule has 1 aromatic rings. The molecule has 1 aromatic carbocycles. The summed E-state index contributed by atoms with van der Waals surface area (Å²) in [6.07, 6.45) is 15.8. The van der Waals surface area contributed by atoms with Gasteiger partial charge in [0.15, 0.2) is 9.84 Å². The largest absolute Gasteiger partial charge is 0.228 e. The number of hydrogen-bond acceptors (Lipinski definition) is 2. The van der Waals surface area contributed by atoms with E-state index >= 15 is 0 Å². The highest BCUT2D eigenvalue weighted by molar-refractivity contribution is 7.92. The summed E-state index contributed by atoms with van der Waals surface area (Å²) in [6.45, 7) is 0. The normalized spacial score (nSPS) is 19.8. The summed E-state index contributed by atoms with van der Waals surface area (Å²) in [6, 6.07) is 7.30. The Kier molecular flexibility index (Phi) is 4.69. The van der Waals surface area contributed by atoms with Crippen LogP contribution in [0, 0.1) is 0 Å². The van der Waals surface area contributed by atoms with Crippen LogP contribution in [0.2, 0.25) is 5.02 Å². The van der Waals surface area contributed by atoms with Crippen molar-refractivity contribution < 1.29 is 8.42 Å². The van der Waals surface area contributed by atoms with Crippen LogP contribution in [0.25, 0.3) is 0 Å². The van der Waals surface area contributed by atoms with Gasteiger partial charge in [0.05, 0.1) is 11.0 Å². The van der Waals surface area contributed by atoms with Crippen molar-refractivity contribution in [1.29, 1.82) is 0 Å². The number of halogens is 1. The molecule has 0 N–H and O–H groups in total. The van der Waals surface area contributed by atoms with Gasteiger partial charge < -0.3 is 0 Å². The van der Waals surface area contributed by atoms with Crippen LogP contribution < -0.4 is 0 Å². The fraction of sp³-hybridized carbons (Fsp3) is 0.158. The summed E-state index contributed by atoms with van der Waals surface area (Å²) in [5.41, 5.74) is 3.12. The molecule has 4 heteroatoms. The Morgan fingerprint density at radius 1 is 0.870 bits per heavy atom. The lowest BCUT2D eigenvalue weighted by Crippen LogP contribution is -2.22. The number of benzene rings is 1. The minimum absolute atomic E-state index is 0.125. The van der Waals surface area contributed by atoms with E-state index in [0.717, 1.165) is 16.7 Å². The van der Waals surface area contributed by atoms with Gasteiger partial charge in [-0.1, -0.05) is 72.3 Å². The summed E-state index contributed by atoms with van der Waals surface area (Å²) < 4.78 is 25.0. The fourth-order valence-electron chi connectivity index (χ4n) is 2.56. The Morgan fingerprint density at radius 3 is 2.04 bits per heavy atom. The Hall–Kier alpha value is -1.84. The van der Waals surface area contributed by atoms with Gasteiger partial charge in [-0.3, -0.25) is 0 Å². The van der Waals surface area contributed by atoms with Gasteiger partial charge >= 0.3 is 0 Å². The summed E-state index contributed by atoms with van der Waals surface area (Å²) >= 11 is 5.84. The van der Waals surface area contributed by atoms with E-state index in [9.17, 15) is 8.42 Å². The van der Waals surface area contributed by atoms with E-state index in [1.165, 1.54) is 0 Å². The van der Waals surface area contributed by atoms with Crippen molar-refractivity contribution in [3.8, 4) is 0 Å². The summed E-state index contributed by atoms with van der Waals surface area (Å²) in [5, 5.41) is 0.110. The highest BCUT2D eigenvalue weighted by Crippen LogP contribution is 2.22. The molecule has 0 amide bonds. The van der Waals surface area contributed by atoms with Gasteiger partial charge in [0.2, 0.25) is 0 Å². The zero-order chi connectivity index (χ0) is 16.3. The predicted octanol–water partition coefficient (Wildman–Crippen LogP) is 4.21. The minimum Gasteiger partial charge on any atom is -0.228 e. The average Bonchev–Trinajstić information content (AvgIpc) is 3.09. The first-order chi connectivity index (χ1) is 11.0. The van der Waals surface area contributed by atoms with Crippen molar-refractivity contribution in [3.05, 3.63) is 94.6 Å². The van der Waals surface area contributed by atoms with Gasteiger partial charge in [-0.2, -0.15) is 0 Å². The standard InChI is InChI=1S/C19H17ClO2S/c20-18-9-5-15(6-10-18)13-14-23(21,22)19-11-7-17(8-12-19)16-3-1-2-4-16/h1-12,19H,13-14H2. The molecule has 2 aliphatic carbocycles. The van der Waals surface area contributed by atoms with Crippen molar-refractivity contribution in [2.75, 3.05) is 5.75 Å². The molecule has 23 heavy (non-hydrogen) atoms. The van der Waals surface area contributed by atoms with Crippen LogP contribution >= 0.6 is 11.6 Å². The van der Waals surface area contributed by atoms with E-state index in [4.69, 9.17) is 11.6 Å². The first-order valence-corrected chi connectivity index (χ1v) is 9.55. The molecular formula is C19H17ClO2S. The lowest BCUT2D eigenvalue weighted by atomic mass is 10.0. The Balaban J connectivity index is 1.67. The number of rotatable bonds is 4. The van der Waals surface area contributed by atoms with Crippen molar-refractivity contribution >= 4 is 21.4 Å². The summed E-state index contributed by atoms with van der Waals surface area (Å²) in [4.78, 5) is 0. The quantitative estimate of drug-likeness (QED) is 0.819. The van der Waals surface area contributed by atoms with Crippen LogP contribution in [-0.4, -0.2) is 19.4 Å². The maximum Gasteiger partial charge on any atom is 0.160 e. The number of sulfone groups is 1. The molecule has 0 saturated heterocycles. The predicted molar refractivity (Wildman–Crippen MR) is 96.3 cm³/mol. The fourth-order valence-corrected chi connectivity index (χ4v) is 4.12. The highest BCUT2D eigenvalue weighted by Gasteiger charge is 2.22. The van der Waals surface area contributed by atoms with Crippen molar-refractivity contribution in [1.82, 2.24) is 0 Å². The van der Waals surface area contributed by atoms with E-state index in [2.05, 4.69) is 0 Å². The second kappa shape index (κ2) is 6.73. The lowest BCUT2D eigenvalue weighted by Gasteiger charge is -2.14. The number of allylic oxidation sites excluding steroid dienone is 8. The van der Waals surface area contributed by atoms with Crippen molar-refractivity contribution in [2.24, 2.45) is 0 Å². The van der Waals surface area contributed by atoms with Crippen LogP contribution in [-0.2, 0) is 16.3 Å². The van der Waals surface area contributed by atoms with Gasteiger partial charge in [0, 0.05) is 5.02 Å². The maximum absolute atomic E-state index is 12.5. The molecule has 0 aliphatic heterocycles. The third-order valence-corrected chi connectivity index (χ3v) is 6.10. The topological polar surface area (TPSA) is 34.1 Å². The molecule has 118 valence electrons. The van der Waals surface area contributed by atoms with Gasteiger partial charge in [-0.25, -0.2) is 8.42 Å². The van der Waals surface area contributed by atoms with Gasteiger partial charge in [-0.15, -0.1) is 0 Å². The van der Waals surface area contributed by atoms with Crippen LogP contribution in [0.3, 0.4) is 0 Å². The lowest BCUT2D eigenvalue weighted by molar-refractivity contribution is 0.593. The first kappa shape index (κ1) is 16.0. The molecule has 0 heterocycles. The molecule has 0 aromatic heterocycles. The number of hydrogen-bond donors (Lipinski definition) is 0. The molecule has 0 radical (unpaired) electrons. The molecule has 0 fully saturated rings. The third-order valence-electron chi connectivity index (χ3n) is 3.93. The maximum atomic E-state index is 12.5. The zero-order valence-electron chi connectivity index (χ0n) is 12.5. The molecule has 3 rings (SSSR count). The van der Waals surface area contributed by atoms with Crippen LogP contribution in [0.1, 0.15) is 5.56 Å². The molecule has 0 bridgehead atoms. The van der Waals surface area contributed by atoms with Gasteiger partial charge in [0.25, 0.3) is 0 Å². The van der Waals surface area contributed by atoms with Crippen LogP contribution in [0.15, 0.2) is 84.0 Å². The molecule has 0 atom stereocenters. The second-order valence-corrected chi connectivity index (χ2v) is 8.27. The smallest absolute Gasteiger partial charge is 0.160 e.